The van der Waals surface area contributed by atoms with Crippen molar-refractivity contribution in [3.05, 3.63) is 23.5 Å². The number of aromatic nitrogens is 1. The number of hydrogen-bond donors (Lipinski definition) is 2. The van der Waals surface area contributed by atoms with Crippen LogP contribution in [0.25, 0.3) is 0 Å². The molecule has 1 rings (SSSR count). The van der Waals surface area contributed by atoms with E-state index in [1.165, 1.54) is 18.3 Å². The number of nitrogens with zero attached hydrogens (tertiary/aromatic N) is 1. The van der Waals surface area contributed by atoms with Crippen LogP contribution in [0.4, 0.5) is 0 Å². The predicted octanol–water partition coefficient (Wildman–Crippen LogP) is 1.03. The molecule has 0 fully saturated rings. The van der Waals surface area contributed by atoms with Crippen LogP contribution in [0.15, 0.2) is 23.2 Å². The molecule has 5 nitrogen and oxygen atoms in total. The standard InChI is InChI=1S/C10H15ClN2O3S/c1-7(6-14)8(2)13-17(15,16)9-3-4-12-10(11)5-9/h3-5,7-8,13-14H,6H2,1-2H3. The van der Waals surface area contributed by atoms with E-state index in [0.717, 1.165) is 0 Å². The van der Waals surface area contributed by atoms with Gasteiger partial charge < -0.3 is 5.11 Å². The summed E-state index contributed by atoms with van der Waals surface area (Å²) < 4.78 is 26.3. The third kappa shape index (κ3) is 3.92. The van der Waals surface area contributed by atoms with Crippen LogP contribution < -0.4 is 4.72 Å². The summed E-state index contributed by atoms with van der Waals surface area (Å²) in [7, 11) is -3.62. The molecule has 1 aromatic heterocycles. The average Bonchev–Trinajstić information content (AvgIpc) is 2.27. The van der Waals surface area contributed by atoms with Crippen LogP contribution in [0.5, 0.6) is 0 Å². The molecule has 0 saturated heterocycles. The van der Waals surface area contributed by atoms with Gasteiger partial charge in [0, 0.05) is 18.8 Å². The highest BCUT2D eigenvalue weighted by atomic mass is 35.5. The molecule has 0 amide bonds. The highest BCUT2D eigenvalue weighted by molar-refractivity contribution is 7.89. The second kappa shape index (κ2) is 5.77. The third-order valence-corrected chi connectivity index (χ3v) is 4.25. The first-order valence-electron chi connectivity index (χ1n) is 5.11. The fraction of sp³-hybridized carbons (Fsp3) is 0.500. The van der Waals surface area contributed by atoms with E-state index in [-0.39, 0.29) is 28.6 Å². The number of pyridine rings is 1. The van der Waals surface area contributed by atoms with Gasteiger partial charge in [-0.25, -0.2) is 18.1 Å². The van der Waals surface area contributed by atoms with Crippen molar-refractivity contribution in [3.63, 3.8) is 0 Å². The molecular formula is C10H15ClN2O3S. The molecule has 2 atom stereocenters. The zero-order valence-electron chi connectivity index (χ0n) is 9.59. The van der Waals surface area contributed by atoms with Crippen LogP contribution in [0.1, 0.15) is 13.8 Å². The fourth-order valence-electron chi connectivity index (χ4n) is 1.14. The Balaban J connectivity index is 2.89. The first-order valence-corrected chi connectivity index (χ1v) is 6.97. The lowest BCUT2D eigenvalue weighted by Crippen LogP contribution is -2.38. The Morgan fingerprint density at radius 1 is 1.53 bits per heavy atom. The molecule has 0 bridgehead atoms. The van der Waals surface area contributed by atoms with Crippen molar-refractivity contribution >= 4 is 21.6 Å². The molecule has 17 heavy (non-hydrogen) atoms. The van der Waals surface area contributed by atoms with Crippen molar-refractivity contribution in [2.45, 2.75) is 24.8 Å². The van der Waals surface area contributed by atoms with E-state index in [4.69, 9.17) is 16.7 Å². The lowest BCUT2D eigenvalue weighted by molar-refractivity contribution is 0.216. The van der Waals surface area contributed by atoms with Gasteiger partial charge >= 0.3 is 0 Å². The second-order valence-corrected chi connectivity index (χ2v) is 5.99. The quantitative estimate of drug-likeness (QED) is 0.789. The maximum Gasteiger partial charge on any atom is 0.240 e. The molecule has 0 aliphatic rings. The van der Waals surface area contributed by atoms with Crippen molar-refractivity contribution in [3.8, 4) is 0 Å². The largest absolute Gasteiger partial charge is 0.396 e. The van der Waals surface area contributed by atoms with Gasteiger partial charge in [0.25, 0.3) is 0 Å². The van der Waals surface area contributed by atoms with Crippen molar-refractivity contribution in [1.82, 2.24) is 9.71 Å². The molecular weight excluding hydrogens is 264 g/mol. The number of aliphatic hydroxyl groups is 1. The van der Waals surface area contributed by atoms with Crippen LogP contribution in [0.2, 0.25) is 5.15 Å². The van der Waals surface area contributed by atoms with Crippen molar-refractivity contribution in [2.75, 3.05) is 6.61 Å². The summed E-state index contributed by atoms with van der Waals surface area (Å²) in [5, 5.41) is 9.07. The van der Waals surface area contributed by atoms with Gasteiger partial charge in [0.2, 0.25) is 10.0 Å². The number of aliphatic hydroxyl groups excluding tert-OH is 1. The summed E-state index contributed by atoms with van der Waals surface area (Å²) in [6.45, 7) is 3.37. The van der Waals surface area contributed by atoms with Crippen LogP contribution in [-0.2, 0) is 10.0 Å². The lowest BCUT2D eigenvalue weighted by Gasteiger charge is -2.19. The highest BCUT2D eigenvalue weighted by Gasteiger charge is 2.21. The summed E-state index contributed by atoms with van der Waals surface area (Å²) >= 11 is 5.63. The van der Waals surface area contributed by atoms with Crippen LogP contribution in [-0.4, -0.2) is 31.2 Å². The van der Waals surface area contributed by atoms with Crippen molar-refractivity contribution in [2.24, 2.45) is 5.92 Å². The Hall–Kier alpha value is -0.690. The number of halogens is 1. The van der Waals surface area contributed by atoms with Gasteiger partial charge in [-0.2, -0.15) is 0 Å². The zero-order valence-corrected chi connectivity index (χ0v) is 11.2. The third-order valence-electron chi connectivity index (χ3n) is 2.49. The van der Waals surface area contributed by atoms with E-state index in [1.807, 2.05) is 0 Å². The number of nitrogens with one attached hydrogen (secondary N) is 1. The zero-order chi connectivity index (χ0) is 13.1. The second-order valence-electron chi connectivity index (χ2n) is 3.88. The number of sulfonamides is 1. The molecule has 1 aromatic rings. The topological polar surface area (TPSA) is 79.3 Å². The molecule has 0 radical (unpaired) electrons. The molecule has 0 aliphatic carbocycles. The fourth-order valence-corrected chi connectivity index (χ4v) is 2.74. The normalized spacial score (nSPS) is 15.5. The van der Waals surface area contributed by atoms with Crippen molar-refractivity contribution in [1.29, 1.82) is 0 Å². The maximum absolute atomic E-state index is 11.9. The van der Waals surface area contributed by atoms with E-state index in [1.54, 1.807) is 13.8 Å². The number of hydrogen-bond acceptors (Lipinski definition) is 4. The summed E-state index contributed by atoms with van der Waals surface area (Å²) in [5.41, 5.74) is 0. The summed E-state index contributed by atoms with van der Waals surface area (Å²) in [6, 6.07) is 2.28. The number of rotatable bonds is 5. The molecule has 0 aromatic carbocycles. The molecule has 0 spiro atoms. The Kier molecular flexibility index (Phi) is 4.88. The van der Waals surface area contributed by atoms with E-state index < -0.39 is 10.0 Å². The van der Waals surface area contributed by atoms with Crippen LogP contribution in [0, 0.1) is 5.92 Å². The molecule has 2 N–H and O–H groups in total. The Morgan fingerprint density at radius 2 is 2.18 bits per heavy atom. The summed E-state index contributed by atoms with van der Waals surface area (Å²) in [4.78, 5) is 3.78. The average molecular weight is 279 g/mol. The molecule has 1 heterocycles. The van der Waals surface area contributed by atoms with E-state index in [9.17, 15) is 8.42 Å². The Labute approximate surface area is 106 Å². The molecule has 2 unspecified atom stereocenters. The lowest BCUT2D eigenvalue weighted by atomic mass is 10.1. The van der Waals surface area contributed by atoms with Gasteiger partial charge in [-0.05, 0) is 25.0 Å². The first kappa shape index (κ1) is 14.4. The van der Waals surface area contributed by atoms with Crippen molar-refractivity contribution < 1.29 is 13.5 Å². The summed E-state index contributed by atoms with van der Waals surface area (Å²) in [6.07, 6.45) is 1.33. The van der Waals surface area contributed by atoms with Gasteiger partial charge in [-0.15, -0.1) is 0 Å². The van der Waals surface area contributed by atoms with Crippen LogP contribution >= 0.6 is 11.6 Å². The molecule has 7 heteroatoms. The molecule has 0 aliphatic heterocycles. The monoisotopic (exact) mass is 278 g/mol. The van der Waals surface area contributed by atoms with E-state index >= 15 is 0 Å². The smallest absolute Gasteiger partial charge is 0.240 e. The van der Waals surface area contributed by atoms with Gasteiger partial charge in [-0.1, -0.05) is 18.5 Å². The van der Waals surface area contributed by atoms with Gasteiger partial charge in [0.1, 0.15) is 5.15 Å². The molecule has 0 saturated carbocycles. The Morgan fingerprint density at radius 3 is 2.71 bits per heavy atom. The van der Waals surface area contributed by atoms with E-state index in [0.29, 0.717) is 0 Å². The highest BCUT2D eigenvalue weighted by Crippen LogP contribution is 2.14. The van der Waals surface area contributed by atoms with E-state index in [2.05, 4.69) is 9.71 Å². The SMILES string of the molecule is CC(CO)C(C)NS(=O)(=O)c1ccnc(Cl)c1. The minimum atomic E-state index is -3.62. The van der Waals surface area contributed by atoms with Gasteiger partial charge in [0.05, 0.1) is 4.90 Å². The van der Waals surface area contributed by atoms with Crippen LogP contribution in [0.3, 0.4) is 0 Å². The predicted molar refractivity (Wildman–Crippen MR) is 65.3 cm³/mol. The minimum Gasteiger partial charge on any atom is -0.396 e. The Bertz CT molecular complexity index is 478. The summed E-state index contributed by atoms with van der Waals surface area (Å²) in [5.74, 6) is -0.165. The van der Waals surface area contributed by atoms with Gasteiger partial charge in [-0.3, -0.25) is 0 Å². The molecule has 96 valence electrons. The maximum atomic E-state index is 11.9. The first-order chi connectivity index (χ1) is 7.86. The van der Waals surface area contributed by atoms with Gasteiger partial charge in [0.15, 0.2) is 0 Å². The minimum absolute atomic E-state index is 0.0643.